The second-order valence-electron chi connectivity index (χ2n) is 3.76. The average molecular weight is 175 g/mol. The van der Waals surface area contributed by atoms with E-state index >= 15 is 0 Å². The molecule has 68 valence electrons. The van der Waals surface area contributed by atoms with Gasteiger partial charge in [-0.25, -0.2) is 0 Å². The molecule has 1 N–H and O–H groups in total. The number of hydrogen-bond acceptors (Lipinski definition) is 3. The van der Waals surface area contributed by atoms with Crippen LogP contribution in [0.15, 0.2) is 18.5 Å². The Morgan fingerprint density at radius 2 is 2.54 bits per heavy atom. The predicted molar refractivity (Wildman–Crippen MR) is 53.1 cm³/mol. The predicted octanol–water partition coefficient (Wildman–Crippen LogP) is 1.48. The molecule has 0 bridgehead atoms. The molecule has 0 unspecified atom stereocenters. The highest BCUT2D eigenvalue weighted by Crippen LogP contribution is 2.34. The standard InChI is InChI=1S/C10H13N3/c1-2-8-6-12-9-3-4-11-7-10(9)13(8)5-1/h3-4,7-8,12H,1-2,5-6H2/t8-/m0/s1. The first-order chi connectivity index (χ1) is 6.45. The molecule has 1 saturated heterocycles. The van der Waals surface area contributed by atoms with Crippen LogP contribution in [0, 0.1) is 0 Å². The van der Waals surface area contributed by atoms with Gasteiger partial charge in [-0.1, -0.05) is 0 Å². The van der Waals surface area contributed by atoms with E-state index in [4.69, 9.17) is 0 Å². The molecule has 0 radical (unpaired) electrons. The summed E-state index contributed by atoms with van der Waals surface area (Å²) in [5, 5.41) is 3.45. The van der Waals surface area contributed by atoms with Gasteiger partial charge in [0.15, 0.2) is 0 Å². The Hall–Kier alpha value is -1.25. The third-order valence-electron chi connectivity index (χ3n) is 3.01. The van der Waals surface area contributed by atoms with Crippen LogP contribution in [0.25, 0.3) is 0 Å². The van der Waals surface area contributed by atoms with E-state index in [1.54, 1.807) is 0 Å². The lowest BCUT2D eigenvalue weighted by Crippen LogP contribution is -2.39. The van der Waals surface area contributed by atoms with Gasteiger partial charge in [0.2, 0.25) is 0 Å². The number of aromatic nitrogens is 1. The average Bonchev–Trinajstić information content (AvgIpc) is 2.65. The quantitative estimate of drug-likeness (QED) is 0.647. The highest BCUT2D eigenvalue weighted by atomic mass is 15.2. The largest absolute Gasteiger partial charge is 0.381 e. The summed E-state index contributed by atoms with van der Waals surface area (Å²) in [4.78, 5) is 6.66. The molecule has 1 fully saturated rings. The SMILES string of the molecule is c1cc2c(cn1)N1CCC[C@H]1CN2. The van der Waals surface area contributed by atoms with Crippen molar-refractivity contribution in [3.63, 3.8) is 0 Å². The molecule has 0 spiro atoms. The Labute approximate surface area is 77.8 Å². The van der Waals surface area contributed by atoms with Gasteiger partial charge in [0.05, 0.1) is 17.6 Å². The van der Waals surface area contributed by atoms with E-state index < -0.39 is 0 Å². The molecule has 1 aromatic heterocycles. The van der Waals surface area contributed by atoms with Crippen molar-refractivity contribution in [1.82, 2.24) is 4.98 Å². The van der Waals surface area contributed by atoms with Gasteiger partial charge in [-0.15, -0.1) is 0 Å². The number of rotatable bonds is 0. The van der Waals surface area contributed by atoms with E-state index in [2.05, 4.69) is 21.3 Å². The van der Waals surface area contributed by atoms with Crippen LogP contribution in [-0.4, -0.2) is 24.1 Å². The summed E-state index contributed by atoms with van der Waals surface area (Å²) in [6.45, 7) is 2.29. The Balaban J connectivity index is 2.06. The van der Waals surface area contributed by atoms with Crippen molar-refractivity contribution in [3.8, 4) is 0 Å². The third kappa shape index (κ3) is 0.996. The maximum atomic E-state index is 4.18. The van der Waals surface area contributed by atoms with Gasteiger partial charge in [-0.05, 0) is 18.9 Å². The molecule has 2 aliphatic rings. The molecule has 3 rings (SSSR count). The van der Waals surface area contributed by atoms with Gasteiger partial charge < -0.3 is 10.2 Å². The van der Waals surface area contributed by atoms with Crippen molar-refractivity contribution in [1.29, 1.82) is 0 Å². The van der Waals surface area contributed by atoms with E-state index in [9.17, 15) is 0 Å². The summed E-state index contributed by atoms with van der Waals surface area (Å²) in [6, 6.07) is 2.76. The van der Waals surface area contributed by atoms with Crippen LogP contribution in [0.1, 0.15) is 12.8 Å². The fraction of sp³-hybridized carbons (Fsp3) is 0.500. The van der Waals surface area contributed by atoms with Crippen molar-refractivity contribution in [2.75, 3.05) is 23.3 Å². The summed E-state index contributed by atoms with van der Waals surface area (Å²) in [5.41, 5.74) is 2.53. The lowest BCUT2D eigenvalue weighted by Gasteiger charge is -2.33. The minimum atomic E-state index is 0.705. The second-order valence-corrected chi connectivity index (χ2v) is 3.76. The molecule has 3 nitrogen and oxygen atoms in total. The first-order valence-corrected chi connectivity index (χ1v) is 4.90. The summed E-state index contributed by atoms with van der Waals surface area (Å²) >= 11 is 0. The fourth-order valence-corrected chi connectivity index (χ4v) is 2.36. The highest BCUT2D eigenvalue weighted by molar-refractivity contribution is 5.71. The second kappa shape index (κ2) is 2.62. The van der Waals surface area contributed by atoms with Gasteiger partial charge in [0.1, 0.15) is 0 Å². The zero-order valence-electron chi connectivity index (χ0n) is 7.53. The van der Waals surface area contributed by atoms with Crippen LogP contribution < -0.4 is 10.2 Å². The topological polar surface area (TPSA) is 28.2 Å². The maximum absolute atomic E-state index is 4.18. The van der Waals surface area contributed by atoms with Crippen molar-refractivity contribution >= 4 is 11.4 Å². The molecule has 0 saturated carbocycles. The zero-order chi connectivity index (χ0) is 8.67. The van der Waals surface area contributed by atoms with Gasteiger partial charge >= 0.3 is 0 Å². The lowest BCUT2D eigenvalue weighted by molar-refractivity contribution is 0.682. The van der Waals surface area contributed by atoms with E-state index in [0.717, 1.165) is 6.54 Å². The molecule has 3 heteroatoms. The summed E-state index contributed by atoms with van der Waals surface area (Å²) in [6.07, 6.45) is 6.46. The van der Waals surface area contributed by atoms with E-state index in [0.29, 0.717) is 6.04 Å². The lowest BCUT2D eigenvalue weighted by atomic mass is 10.1. The number of fused-ring (bicyclic) bond motifs is 3. The fourth-order valence-electron chi connectivity index (χ4n) is 2.36. The monoisotopic (exact) mass is 175 g/mol. The molecule has 0 aliphatic carbocycles. The van der Waals surface area contributed by atoms with Crippen molar-refractivity contribution in [3.05, 3.63) is 18.5 Å². The molecule has 0 amide bonds. The molecule has 0 aromatic carbocycles. The van der Waals surface area contributed by atoms with E-state index in [-0.39, 0.29) is 0 Å². The molecule has 13 heavy (non-hydrogen) atoms. The van der Waals surface area contributed by atoms with Gasteiger partial charge in [0, 0.05) is 25.3 Å². The Morgan fingerprint density at radius 1 is 1.54 bits per heavy atom. The molecule has 1 aromatic rings. The first-order valence-electron chi connectivity index (χ1n) is 4.90. The zero-order valence-corrected chi connectivity index (χ0v) is 7.53. The third-order valence-corrected chi connectivity index (χ3v) is 3.01. The Kier molecular flexibility index (Phi) is 1.45. The van der Waals surface area contributed by atoms with Crippen molar-refractivity contribution in [2.24, 2.45) is 0 Å². The number of hydrogen-bond donors (Lipinski definition) is 1. The smallest absolute Gasteiger partial charge is 0.0791 e. The van der Waals surface area contributed by atoms with Gasteiger partial charge in [-0.3, -0.25) is 4.98 Å². The molecule has 2 aliphatic heterocycles. The number of pyridine rings is 1. The van der Waals surface area contributed by atoms with Crippen LogP contribution in [0.4, 0.5) is 11.4 Å². The van der Waals surface area contributed by atoms with Crippen LogP contribution in [-0.2, 0) is 0 Å². The number of nitrogens with zero attached hydrogens (tertiary/aromatic N) is 2. The number of anilines is 2. The Bertz CT molecular complexity index is 324. The molecule has 1 atom stereocenters. The van der Waals surface area contributed by atoms with Crippen molar-refractivity contribution < 1.29 is 0 Å². The molecule has 3 heterocycles. The minimum Gasteiger partial charge on any atom is -0.381 e. The molecular weight excluding hydrogens is 162 g/mol. The van der Waals surface area contributed by atoms with Crippen molar-refractivity contribution in [2.45, 2.75) is 18.9 Å². The van der Waals surface area contributed by atoms with Crippen LogP contribution in [0.3, 0.4) is 0 Å². The summed E-state index contributed by atoms with van der Waals surface area (Å²) in [7, 11) is 0. The summed E-state index contributed by atoms with van der Waals surface area (Å²) < 4.78 is 0. The first kappa shape index (κ1) is 7.18. The normalized spacial score (nSPS) is 24.9. The Morgan fingerprint density at radius 3 is 3.54 bits per heavy atom. The van der Waals surface area contributed by atoms with E-state index in [1.807, 2.05) is 12.4 Å². The highest BCUT2D eigenvalue weighted by Gasteiger charge is 2.29. The summed E-state index contributed by atoms with van der Waals surface area (Å²) in [5.74, 6) is 0. The van der Waals surface area contributed by atoms with Crippen LogP contribution in [0.2, 0.25) is 0 Å². The van der Waals surface area contributed by atoms with Crippen LogP contribution in [0.5, 0.6) is 0 Å². The van der Waals surface area contributed by atoms with Gasteiger partial charge in [-0.2, -0.15) is 0 Å². The molecular formula is C10H13N3. The van der Waals surface area contributed by atoms with Gasteiger partial charge in [0.25, 0.3) is 0 Å². The van der Waals surface area contributed by atoms with E-state index in [1.165, 1.54) is 30.8 Å². The van der Waals surface area contributed by atoms with Crippen LogP contribution >= 0.6 is 0 Å². The number of nitrogens with one attached hydrogen (secondary N) is 1. The maximum Gasteiger partial charge on any atom is 0.0791 e. The minimum absolute atomic E-state index is 0.705.